The van der Waals surface area contributed by atoms with Gasteiger partial charge in [-0.25, -0.2) is 9.78 Å². The Kier molecular flexibility index (Phi) is 8.73. The number of nitrogens with two attached hydrogens (primary N) is 2. The number of aromatic nitrogens is 2. The van der Waals surface area contributed by atoms with Gasteiger partial charge in [-0.05, 0) is 11.2 Å². The highest BCUT2D eigenvalue weighted by Crippen LogP contribution is 2.46. The van der Waals surface area contributed by atoms with Crippen LogP contribution in [0.5, 0.6) is 0 Å². The zero-order chi connectivity index (χ0) is 27.7. The summed E-state index contributed by atoms with van der Waals surface area (Å²) in [5.41, 5.74) is 11.9. The highest BCUT2D eigenvalue weighted by molar-refractivity contribution is 8.06. The number of anilines is 1. The maximum absolute atomic E-state index is 13.0. The third-order valence-electron chi connectivity index (χ3n) is 5.59. The number of hydrogen-bond acceptors (Lipinski definition) is 13. The molecule has 2 aromatic rings. The average molecular weight is 618 g/mol. The SMILES string of the molecule is CCS(=O)C(N)c1cnccc1SC1=C(C(=O)O)N2C(=O)[C@@H](NC(=O)C(N=O)c3nc(N)sc3Cl)[C@@H]2SC1. The number of nitroso groups, excluding NO2 is 1. The topological polar surface area (TPSA) is 211 Å². The van der Waals surface area contributed by atoms with Crippen LogP contribution >= 0.6 is 46.5 Å². The summed E-state index contributed by atoms with van der Waals surface area (Å²) in [5.74, 6) is -2.38. The van der Waals surface area contributed by atoms with E-state index in [2.05, 4.69) is 20.5 Å². The van der Waals surface area contributed by atoms with Crippen LogP contribution < -0.4 is 16.8 Å². The maximum Gasteiger partial charge on any atom is 0.353 e. The first-order chi connectivity index (χ1) is 18.1. The summed E-state index contributed by atoms with van der Waals surface area (Å²) in [5, 5.41) is 13.7. The fourth-order valence-corrected chi connectivity index (χ4v) is 8.26. The van der Waals surface area contributed by atoms with Crippen molar-refractivity contribution in [1.29, 1.82) is 0 Å². The molecule has 0 spiro atoms. The summed E-state index contributed by atoms with van der Waals surface area (Å²) in [4.78, 5) is 59.4. The van der Waals surface area contributed by atoms with E-state index >= 15 is 0 Å². The smallest absolute Gasteiger partial charge is 0.353 e. The van der Waals surface area contributed by atoms with Crippen molar-refractivity contribution in [3.63, 3.8) is 0 Å². The van der Waals surface area contributed by atoms with E-state index in [0.717, 1.165) is 28.0 Å². The Morgan fingerprint density at radius 2 is 2.21 bits per heavy atom. The Hall–Kier alpha value is -2.57. The molecule has 5 atom stereocenters. The number of carbonyl (C=O) groups excluding carboxylic acids is 2. The Labute approximate surface area is 235 Å². The van der Waals surface area contributed by atoms with Crippen molar-refractivity contribution in [2.45, 2.75) is 34.7 Å². The summed E-state index contributed by atoms with van der Waals surface area (Å²) in [6, 6.07) is -1.08. The molecule has 0 bridgehead atoms. The number of nitrogen functional groups attached to an aromatic ring is 1. The number of hydrogen-bond donors (Lipinski definition) is 4. The number of carboxylic acid groups (broad SMARTS) is 1. The number of carbonyl (C=O) groups is 3. The van der Waals surface area contributed by atoms with Crippen LogP contribution in [0.2, 0.25) is 4.34 Å². The molecule has 0 aliphatic carbocycles. The molecule has 1 fully saturated rings. The molecule has 0 aromatic carbocycles. The van der Waals surface area contributed by atoms with E-state index in [0.29, 0.717) is 21.1 Å². The first kappa shape index (κ1) is 28.4. The molecule has 2 aliphatic heterocycles. The molecular weight excluding hydrogens is 598 g/mol. The van der Waals surface area contributed by atoms with Gasteiger partial charge in [0.1, 0.15) is 32.5 Å². The number of thioether (sulfide) groups is 2. The number of β-lactam (4-membered cyclic amide) rings is 1. The predicted molar refractivity (Wildman–Crippen MR) is 145 cm³/mol. The lowest BCUT2D eigenvalue weighted by molar-refractivity contribution is -0.150. The van der Waals surface area contributed by atoms with Gasteiger partial charge >= 0.3 is 5.97 Å². The van der Waals surface area contributed by atoms with Crippen LogP contribution in [0.1, 0.15) is 29.6 Å². The number of pyridine rings is 1. The first-order valence-electron chi connectivity index (χ1n) is 10.8. The molecule has 0 saturated carbocycles. The Bertz CT molecular complexity index is 1370. The molecular formula is C20H20ClN7O6S4. The molecule has 202 valence electrons. The molecule has 6 N–H and O–H groups in total. The highest BCUT2D eigenvalue weighted by Gasteiger charge is 2.55. The van der Waals surface area contributed by atoms with Gasteiger partial charge in [0.25, 0.3) is 11.8 Å². The number of halogens is 1. The lowest BCUT2D eigenvalue weighted by atomic mass is 10.0. The predicted octanol–water partition coefficient (Wildman–Crippen LogP) is 1.80. The number of aliphatic carboxylic acids is 1. The van der Waals surface area contributed by atoms with Gasteiger partial charge in [-0.2, -0.15) is 0 Å². The van der Waals surface area contributed by atoms with E-state index in [1.165, 1.54) is 24.2 Å². The molecule has 38 heavy (non-hydrogen) atoms. The lowest BCUT2D eigenvalue weighted by Gasteiger charge is -2.49. The second-order valence-electron chi connectivity index (χ2n) is 7.80. The molecule has 0 radical (unpaired) electrons. The normalized spacial score (nSPS) is 21.2. The van der Waals surface area contributed by atoms with Gasteiger partial charge in [-0.3, -0.25) is 23.7 Å². The van der Waals surface area contributed by atoms with Crippen molar-refractivity contribution < 1.29 is 23.7 Å². The monoisotopic (exact) mass is 617 g/mol. The van der Waals surface area contributed by atoms with Gasteiger partial charge in [0.2, 0.25) is 6.04 Å². The molecule has 13 nitrogen and oxygen atoms in total. The van der Waals surface area contributed by atoms with E-state index in [4.69, 9.17) is 23.1 Å². The van der Waals surface area contributed by atoms with Crippen molar-refractivity contribution in [3.05, 3.63) is 49.6 Å². The molecule has 2 aliphatic rings. The minimum Gasteiger partial charge on any atom is -0.477 e. The van der Waals surface area contributed by atoms with Gasteiger partial charge in [-0.1, -0.05) is 41.6 Å². The third kappa shape index (κ3) is 5.30. The van der Waals surface area contributed by atoms with Crippen molar-refractivity contribution in [3.8, 4) is 0 Å². The Balaban J connectivity index is 1.56. The second-order valence-corrected chi connectivity index (χ2v) is 13.5. The van der Waals surface area contributed by atoms with Crippen molar-refractivity contribution >= 4 is 80.2 Å². The average Bonchev–Trinajstić information content (AvgIpc) is 3.23. The maximum atomic E-state index is 13.0. The van der Waals surface area contributed by atoms with Crippen LogP contribution in [0, 0.1) is 4.91 Å². The molecule has 2 amide bonds. The number of amides is 2. The van der Waals surface area contributed by atoms with E-state index in [9.17, 15) is 28.6 Å². The number of rotatable bonds is 10. The highest BCUT2D eigenvalue weighted by atomic mass is 35.5. The summed E-state index contributed by atoms with van der Waals surface area (Å²) in [6.07, 6.45) is 2.99. The largest absolute Gasteiger partial charge is 0.477 e. The van der Waals surface area contributed by atoms with Crippen LogP contribution in [0.4, 0.5) is 5.13 Å². The minimum absolute atomic E-state index is 0.0200. The fraction of sp³-hybridized carbons (Fsp3) is 0.350. The van der Waals surface area contributed by atoms with Crippen LogP contribution in [0.3, 0.4) is 0 Å². The molecule has 2 aromatic heterocycles. The molecule has 1 saturated heterocycles. The summed E-state index contributed by atoms with van der Waals surface area (Å²) in [7, 11) is -1.36. The van der Waals surface area contributed by atoms with Crippen LogP contribution in [0.15, 0.2) is 39.1 Å². The molecule has 3 unspecified atom stereocenters. The number of nitrogens with zero attached hydrogens (tertiary/aromatic N) is 4. The minimum atomic E-state index is -1.63. The number of nitrogens with one attached hydrogen (secondary N) is 1. The zero-order valence-electron chi connectivity index (χ0n) is 19.4. The number of fused-ring (bicyclic) bond motifs is 1. The Morgan fingerprint density at radius 1 is 1.47 bits per heavy atom. The van der Waals surface area contributed by atoms with Crippen LogP contribution in [-0.4, -0.2) is 64.9 Å². The standard InChI is InChI=1S/C20H20ClN7O6S4/c1-2-38(34)15(22)7-5-24-4-3-8(7)36-9-6-35-18-12(17(30)28(18)13(9)19(31)32)25-16(29)11(27-33)10-14(21)37-20(23)26-10/h3-5,11-12,15,18H,2,6,22H2,1H3,(H2,23,26)(H,25,29)(H,31,32)/t11?,12-,15?,18+,38?/m1/s1. The molecule has 4 heterocycles. The van der Waals surface area contributed by atoms with Crippen molar-refractivity contribution in [2.75, 3.05) is 17.2 Å². The van der Waals surface area contributed by atoms with Crippen LogP contribution in [0.25, 0.3) is 0 Å². The van der Waals surface area contributed by atoms with Gasteiger partial charge in [0.05, 0.1) is 0 Å². The van der Waals surface area contributed by atoms with E-state index in [-0.39, 0.29) is 26.6 Å². The first-order valence-corrected chi connectivity index (χ1v) is 15.2. The van der Waals surface area contributed by atoms with Gasteiger partial charge in [-0.15, -0.1) is 16.7 Å². The fourth-order valence-electron chi connectivity index (χ4n) is 3.78. The number of thiazole rings is 1. The lowest BCUT2D eigenvalue weighted by Crippen LogP contribution is -2.70. The van der Waals surface area contributed by atoms with Crippen molar-refractivity contribution in [1.82, 2.24) is 20.2 Å². The van der Waals surface area contributed by atoms with E-state index in [1.54, 1.807) is 13.0 Å². The summed E-state index contributed by atoms with van der Waals surface area (Å²) in [6.45, 7) is 1.74. The molecule has 4 rings (SSSR count). The van der Waals surface area contributed by atoms with Gasteiger partial charge in [0.15, 0.2) is 5.13 Å². The summed E-state index contributed by atoms with van der Waals surface area (Å²) >= 11 is 9.20. The number of carboxylic acids is 1. The second kappa shape index (κ2) is 11.7. The van der Waals surface area contributed by atoms with Crippen molar-refractivity contribution in [2.24, 2.45) is 10.9 Å². The van der Waals surface area contributed by atoms with Crippen LogP contribution in [-0.2, 0) is 25.2 Å². The van der Waals surface area contributed by atoms with E-state index < -0.39 is 51.4 Å². The third-order valence-corrected chi connectivity index (χ3v) is 10.7. The van der Waals surface area contributed by atoms with E-state index in [1.807, 2.05) is 0 Å². The summed E-state index contributed by atoms with van der Waals surface area (Å²) < 4.78 is 12.3. The molecule has 18 heteroatoms. The van der Waals surface area contributed by atoms with Gasteiger partial charge < -0.3 is 21.9 Å². The van der Waals surface area contributed by atoms with Gasteiger partial charge in [0, 0.05) is 50.1 Å². The zero-order valence-corrected chi connectivity index (χ0v) is 23.4. The quantitative estimate of drug-likeness (QED) is 0.222. The Morgan fingerprint density at radius 3 is 2.82 bits per heavy atom.